The Labute approximate surface area is 123 Å². The van der Waals surface area contributed by atoms with E-state index in [0.717, 1.165) is 4.31 Å². The number of hydrogen-bond donors (Lipinski definition) is 1. The van der Waals surface area contributed by atoms with E-state index in [9.17, 15) is 18.3 Å². The molecule has 0 aromatic heterocycles. The monoisotopic (exact) mass is 308 g/mol. The van der Waals surface area contributed by atoms with Crippen molar-refractivity contribution in [1.82, 2.24) is 4.31 Å². The molecule has 112 valence electrons. The number of benzene rings is 1. The summed E-state index contributed by atoms with van der Waals surface area (Å²) in [5.41, 5.74) is 0.742. The highest BCUT2D eigenvalue weighted by Crippen LogP contribution is 2.27. The number of rotatable bonds is 3. The topological polar surface area (TPSA) is 98.5 Å². The minimum atomic E-state index is -3.92. The van der Waals surface area contributed by atoms with Crippen molar-refractivity contribution in [3.8, 4) is 6.07 Å². The lowest BCUT2D eigenvalue weighted by Gasteiger charge is -2.32. The Bertz CT molecular complexity index is 706. The fourth-order valence-electron chi connectivity index (χ4n) is 2.51. The second-order valence-corrected chi connectivity index (χ2v) is 6.92. The molecule has 1 heterocycles. The second kappa shape index (κ2) is 5.84. The van der Waals surface area contributed by atoms with E-state index in [0.29, 0.717) is 24.8 Å². The SMILES string of the molecule is Cc1ccc(C#N)cc1S(=O)(=O)N1CCCC[C@H]1C(=O)O. The fourth-order valence-corrected chi connectivity index (χ4v) is 4.42. The molecule has 0 bridgehead atoms. The zero-order valence-electron chi connectivity index (χ0n) is 11.6. The van der Waals surface area contributed by atoms with E-state index in [1.807, 2.05) is 6.07 Å². The van der Waals surface area contributed by atoms with Crippen molar-refractivity contribution in [1.29, 1.82) is 5.26 Å². The molecule has 0 radical (unpaired) electrons. The molecule has 2 rings (SSSR count). The highest BCUT2D eigenvalue weighted by molar-refractivity contribution is 7.89. The lowest BCUT2D eigenvalue weighted by Crippen LogP contribution is -2.47. The zero-order valence-corrected chi connectivity index (χ0v) is 12.4. The van der Waals surface area contributed by atoms with Gasteiger partial charge >= 0.3 is 5.97 Å². The van der Waals surface area contributed by atoms with Gasteiger partial charge in [0.05, 0.1) is 16.5 Å². The Balaban J connectivity index is 2.50. The number of carboxylic acid groups (broad SMARTS) is 1. The molecule has 21 heavy (non-hydrogen) atoms. The number of piperidine rings is 1. The first kappa shape index (κ1) is 15.5. The molecule has 1 aliphatic rings. The Kier molecular flexibility index (Phi) is 4.30. The van der Waals surface area contributed by atoms with Crippen molar-refractivity contribution >= 4 is 16.0 Å². The summed E-state index contributed by atoms with van der Waals surface area (Å²) >= 11 is 0. The van der Waals surface area contributed by atoms with Crippen molar-refractivity contribution in [2.75, 3.05) is 6.54 Å². The highest BCUT2D eigenvalue weighted by atomic mass is 32.2. The van der Waals surface area contributed by atoms with E-state index in [1.165, 1.54) is 6.07 Å². The van der Waals surface area contributed by atoms with Gasteiger partial charge in [-0.05, 0) is 43.9 Å². The molecule has 1 aromatic carbocycles. The van der Waals surface area contributed by atoms with Crippen LogP contribution in [0.2, 0.25) is 0 Å². The van der Waals surface area contributed by atoms with Crippen LogP contribution >= 0.6 is 0 Å². The van der Waals surface area contributed by atoms with Gasteiger partial charge in [0.25, 0.3) is 0 Å². The van der Waals surface area contributed by atoms with Gasteiger partial charge < -0.3 is 5.11 Å². The molecule has 1 aromatic rings. The van der Waals surface area contributed by atoms with Gasteiger partial charge in [0, 0.05) is 6.54 Å². The van der Waals surface area contributed by atoms with E-state index < -0.39 is 22.0 Å². The molecule has 0 amide bonds. The number of sulfonamides is 1. The van der Waals surface area contributed by atoms with E-state index in [2.05, 4.69) is 0 Å². The van der Waals surface area contributed by atoms with E-state index in [-0.39, 0.29) is 17.0 Å². The number of nitrogens with zero attached hydrogens (tertiary/aromatic N) is 2. The molecule has 1 atom stereocenters. The van der Waals surface area contributed by atoms with Crippen molar-refractivity contribution < 1.29 is 18.3 Å². The Hall–Kier alpha value is -1.91. The summed E-state index contributed by atoms with van der Waals surface area (Å²) in [7, 11) is -3.92. The summed E-state index contributed by atoms with van der Waals surface area (Å²) in [6.07, 6.45) is 1.64. The van der Waals surface area contributed by atoms with Gasteiger partial charge in [-0.2, -0.15) is 9.57 Å². The van der Waals surface area contributed by atoms with Gasteiger partial charge in [-0.15, -0.1) is 0 Å². The average Bonchev–Trinajstić information content (AvgIpc) is 2.47. The fraction of sp³-hybridized carbons (Fsp3) is 0.429. The molecular weight excluding hydrogens is 292 g/mol. The van der Waals surface area contributed by atoms with Crippen LogP contribution in [0, 0.1) is 18.3 Å². The third-order valence-corrected chi connectivity index (χ3v) is 5.69. The van der Waals surface area contributed by atoms with Crippen LogP contribution in [0.1, 0.15) is 30.4 Å². The van der Waals surface area contributed by atoms with Crippen molar-refractivity contribution in [2.24, 2.45) is 0 Å². The number of aliphatic carboxylic acids is 1. The summed E-state index contributed by atoms with van der Waals surface area (Å²) in [4.78, 5) is 11.3. The predicted molar refractivity (Wildman–Crippen MR) is 75.1 cm³/mol. The van der Waals surface area contributed by atoms with Crippen LogP contribution in [0.4, 0.5) is 0 Å². The average molecular weight is 308 g/mol. The third kappa shape index (κ3) is 2.91. The number of hydrogen-bond acceptors (Lipinski definition) is 4. The maximum atomic E-state index is 12.7. The summed E-state index contributed by atoms with van der Waals surface area (Å²) in [5, 5.41) is 18.1. The minimum absolute atomic E-state index is 0.00898. The summed E-state index contributed by atoms with van der Waals surface area (Å²) in [6, 6.07) is 5.28. The van der Waals surface area contributed by atoms with E-state index in [1.54, 1.807) is 19.1 Å². The normalized spacial score (nSPS) is 19.9. The molecular formula is C14H16N2O4S. The van der Waals surface area contributed by atoms with E-state index in [4.69, 9.17) is 5.26 Å². The Morgan fingerprint density at radius 1 is 1.43 bits per heavy atom. The molecule has 1 N–H and O–H groups in total. The number of aryl methyl sites for hydroxylation is 1. The van der Waals surface area contributed by atoms with Gasteiger partial charge in [0.1, 0.15) is 6.04 Å². The molecule has 0 saturated carbocycles. The largest absolute Gasteiger partial charge is 0.480 e. The van der Waals surface area contributed by atoms with Crippen LogP contribution in [-0.2, 0) is 14.8 Å². The molecule has 0 spiro atoms. The maximum absolute atomic E-state index is 12.7. The standard InChI is InChI=1S/C14H16N2O4S/c1-10-5-6-11(9-15)8-13(10)21(19,20)16-7-3-2-4-12(16)14(17)18/h5-6,8,12H,2-4,7H2,1H3,(H,17,18)/t12-/m0/s1. The van der Waals surface area contributed by atoms with Crippen LogP contribution in [0.5, 0.6) is 0 Å². The molecule has 0 aliphatic carbocycles. The molecule has 7 heteroatoms. The van der Waals surface area contributed by atoms with Gasteiger partial charge in [0.2, 0.25) is 10.0 Å². The maximum Gasteiger partial charge on any atom is 0.322 e. The van der Waals surface area contributed by atoms with E-state index >= 15 is 0 Å². The highest BCUT2D eigenvalue weighted by Gasteiger charge is 2.38. The number of carboxylic acids is 1. The molecule has 1 saturated heterocycles. The Morgan fingerprint density at radius 2 is 2.14 bits per heavy atom. The van der Waals surface area contributed by atoms with Crippen LogP contribution in [0.15, 0.2) is 23.1 Å². The predicted octanol–water partition coefficient (Wildman–Crippen LogP) is 1.49. The molecule has 6 nitrogen and oxygen atoms in total. The lowest BCUT2D eigenvalue weighted by atomic mass is 10.1. The van der Waals surface area contributed by atoms with Gasteiger partial charge in [-0.1, -0.05) is 6.07 Å². The first-order valence-corrected chi connectivity index (χ1v) is 8.07. The summed E-state index contributed by atoms with van der Waals surface area (Å²) in [6.45, 7) is 1.82. The smallest absolute Gasteiger partial charge is 0.322 e. The third-order valence-electron chi connectivity index (χ3n) is 3.64. The van der Waals surface area contributed by atoms with Crippen molar-refractivity contribution in [3.05, 3.63) is 29.3 Å². The first-order chi connectivity index (χ1) is 9.87. The summed E-state index contributed by atoms with van der Waals surface area (Å²) in [5.74, 6) is -1.13. The van der Waals surface area contributed by atoms with Crippen molar-refractivity contribution in [3.63, 3.8) is 0 Å². The van der Waals surface area contributed by atoms with Gasteiger partial charge in [-0.25, -0.2) is 8.42 Å². The van der Waals surface area contributed by atoms with Crippen LogP contribution in [-0.4, -0.2) is 36.4 Å². The van der Waals surface area contributed by atoms with Gasteiger partial charge in [-0.3, -0.25) is 4.79 Å². The van der Waals surface area contributed by atoms with Crippen LogP contribution in [0.3, 0.4) is 0 Å². The molecule has 0 unspecified atom stereocenters. The number of nitriles is 1. The molecule has 1 fully saturated rings. The quantitative estimate of drug-likeness (QED) is 0.912. The zero-order chi connectivity index (χ0) is 15.6. The van der Waals surface area contributed by atoms with Gasteiger partial charge in [0.15, 0.2) is 0 Å². The Morgan fingerprint density at radius 3 is 2.76 bits per heavy atom. The first-order valence-electron chi connectivity index (χ1n) is 6.63. The number of carbonyl (C=O) groups is 1. The lowest BCUT2D eigenvalue weighted by molar-refractivity contribution is -0.142. The minimum Gasteiger partial charge on any atom is -0.480 e. The molecule has 1 aliphatic heterocycles. The van der Waals surface area contributed by atoms with Crippen LogP contribution in [0.25, 0.3) is 0 Å². The second-order valence-electron chi connectivity index (χ2n) is 5.06. The van der Waals surface area contributed by atoms with Crippen molar-refractivity contribution in [2.45, 2.75) is 37.1 Å². The van der Waals surface area contributed by atoms with Crippen LogP contribution < -0.4 is 0 Å². The summed E-state index contributed by atoms with van der Waals surface area (Å²) < 4.78 is 26.5.